The zero-order valence-corrected chi connectivity index (χ0v) is 14.4. The zero-order chi connectivity index (χ0) is 16.5. The van der Waals surface area contributed by atoms with Gasteiger partial charge in [0.25, 0.3) is 0 Å². The van der Waals surface area contributed by atoms with Crippen molar-refractivity contribution in [2.75, 3.05) is 20.4 Å². The highest BCUT2D eigenvalue weighted by Gasteiger charge is 2.25. The molecule has 0 heterocycles. The number of rotatable bonds is 8. The molecule has 23 heavy (non-hydrogen) atoms. The highest BCUT2D eigenvalue weighted by Crippen LogP contribution is 2.35. The van der Waals surface area contributed by atoms with Gasteiger partial charge in [0, 0.05) is 29.0 Å². The SMILES string of the molecule is COCO[C@@H](c1ccc(Br)cc1)[C@@H](CN=[N+]=[N-])c1ccccc1. The molecule has 0 N–H and O–H groups in total. The van der Waals surface area contributed by atoms with Gasteiger partial charge in [-0.15, -0.1) is 0 Å². The third-order valence-electron chi connectivity index (χ3n) is 3.50. The Morgan fingerprint density at radius 1 is 1.09 bits per heavy atom. The molecule has 0 fully saturated rings. The van der Waals surface area contributed by atoms with Gasteiger partial charge in [-0.2, -0.15) is 0 Å². The van der Waals surface area contributed by atoms with Crippen molar-refractivity contribution in [2.24, 2.45) is 5.11 Å². The summed E-state index contributed by atoms with van der Waals surface area (Å²) < 4.78 is 12.0. The molecule has 0 amide bonds. The molecule has 120 valence electrons. The van der Waals surface area contributed by atoms with Crippen molar-refractivity contribution in [1.29, 1.82) is 0 Å². The molecule has 0 aliphatic rings. The summed E-state index contributed by atoms with van der Waals surface area (Å²) >= 11 is 3.44. The maximum absolute atomic E-state index is 8.71. The van der Waals surface area contributed by atoms with Gasteiger partial charge in [-0.25, -0.2) is 0 Å². The molecule has 0 radical (unpaired) electrons. The second kappa shape index (κ2) is 9.33. The summed E-state index contributed by atoms with van der Waals surface area (Å²) in [5, 5.41) is 3.77. The fourth-order valence-electron chi connectivity index (χ4n) is 2.44. The Hall–Kier alpha value is -1.85. The van der Waals surface area contributed by atoms with E-state index in [1.54, 1.807) is 7.11 Å². The molecule has 2 rings (SSSR count). The molecule has 0 aliphatic heterocycles. The lowest BCUT2D eigenvalue weighted by Crippen LogP contribution is -2.18. The van der Waals surface area contributed by atoms with E-state index in [-0.39, 0.29) is 18.8 Å². The fraction of sp³-hybridized carbons (Fsp3) is 0.294. The fourth-order valence-corrected chi connectivity index (χ4v) is 2.70. The third kappa shape index (κ3) is 5.08. The number of hydrogen-bond acceptors (Lipinski definition) is 3. The Morgan fingerprint density at radius 2 is 1.78 bits per heavy atom. The molecule has 0 unspecified atom stereocenters. The van der Waals surface area contributed by atoms with Gasteiger partial charge in [0.05, 0.1) is 6.10 Å². The number of hydrogen-bond donors (Lipinski definition) is 0. The minimum atomic E-state index is -0.268. The molecule has 6 heteroatoms. The number of ether oxygens (including phenoxy) is 2. The highest BCUT2D eigenvalue weighted by molar-refractivity contribution is 9.10. The average molecular weight is 376 g/mol. The summed E-state index contributed by atoms with van der Waals surface area (Å²) in [6, 6.07) is 17.8. The summed E-state index contributed by atoms with van der Waals surface area (Å²) in [5.41, 5.74) is 10.8. The van der Waals surface area contributed by atoms with Crippen molar-refractivity contribution in [3.05, 3.63) is 80.6 Å². The molecule has 0 bridgehead atoms. The number of benzene rings is 2. The van der Waals surface area contributed by atoms with E-state index in [0.717, 1.165) is 15.6 Å². The van der Waals surface area contributed by atoms with Gasteiger partial charge in [0.2, 0.25) is 0 Å². The Labute approximate surface area is 144 Å². The third-order valence-corrected chi connectivity index (χ3v) is 4.03. The molecular formula is C17H18BrN3O2. The molecule has 5 nitrogen and oxygen atoms in total. The van der Waals surface area contributed by atoms with Crippen molar-refractivity contribution in [3.63, 3.8) is 0 Å². The minimum absolute atomic E-state index is 0.0941. The van der Waals surface area contributed by atoms with Crippen LogP contribution in [0.3, 0.4) is 0 Å². The van der Waals surface area contributed by atoms with E-state index < -0.39 is 0 Å². The Morgan fingerprint density at radius 3 is 2.39 bits per heavy atom. The first-order valence-electron chi connectivity index (χ1n) is 7.18. The number of azide groups is 1. The van der Waals surface area contributed by atoms with Crippen molar-refractivity contribution in [3.8, 4) is 0 Å². The van der Waals surface area contributed by atoms with E-state index in [1.807, 2.05) is 54.6 Å². The molecule has 0 saturated heterocycles. The predicted molar refractivity (Wildman–Crippen MR) is 93.0 cm³/mol. The van der Waals surface area contributed by atoms with Gasteiger partial charge < -0.3 is 9.47 Å². The Balaban J connectivity index is 2.38. The first-order valence-corrected chi connectivity index (χ1v) is 7.97. The predicted octanol–water partition coefficient (Wildman–Crippen LogP) is 5.20. The van der Waals surface area contributed by atoms with Crippen LogP contribution in [0.5, 0.6) is 0 Å². The molecule has 2 aromatic rings. The maximum atomic E-state index is 8.71. The standard InChI is InChI=1S/C17H18BrN3O2/c1-22-12-23-17(14-7-9-15(18)10-8-14)16(11-20-21-19)13-5-3-2-4-6-13/h2-10,16-17H,11-12H2,1H3/t16-,17-/m0/s1. The van der Waals surface area contributed by atoms with Crippen molar-refractivity contribution < 1.29 is 9.47 Å². The van der Waals surface area contributed by atoms with Crippen LogP contribution in [0.1, 0.15) is 23.1 Å². The van der Waals surface area contributed by atoms with Crippen molar-refractivity contribution >= 4 is 15.9 Å². The van der Waals surface area contributed by atoms with Gasteiger partial charge in [0.1, 0.15) is 6.79 Å². The van der Waals surface area contributed by atoms with Crippen LogP contribution >= 0.6 is 15.9 Å². The quantitative estimate of drug-likeness (QED) is 0.275. The molecule has 0 aromatic heterocycles. The first kappa shape index (κ1) is 17.5. The monoisotopic (exact) mass is 375 g/mol. The largest absolute Gasteiger partial charge is 0.359 e. The van der Waals surface area contributed by atoms with Crippen LogP contribution < -0.4 is 0 Å². The van der Waals surface area contributed by atoms with Crippen LogP contribution in [0.4, 0.5) is 0 Å². The average Bonchev–Trinajstić information content (AvgIpc) is 2.59. The number of nitrogens with zero attached hydrogens (tertiary/aromatic N) is 3. The van der Waals surface area contributed by atoms with Crippen LogP contribution in [0.25, 0.3) is 10.4 Å². The lowest BCUT2D eigenvalue weighted by atomic mass is 9.89. The van der Waals surface area contributed by atoms with E-state index in [2.05, 4.69) is 26.0 Å². The van der Waals surface area contributed by atoms with Crippen LogP contribution in [-0.2, 0) is 9.47 Å². The van der Waals surface area contributed by atoms with E-state index in [4.69, 9.17) is 15.0 Å². The molecule has 2 atom stereocenters. The lowest BCUT2D eigenvalue weighted by Gasteiger charge is -2.27. The highest BCUT2D eigenvalue weighted by atomic mass is 79.9. The lowest BCUT2D eigenvalue weighted by molar-refractivity contribution is -0.0816. The van der Waals surface area contributed by atoms with Gasteiger partial charge in [-0.1, -0.05) is 63.5 Å². The summed E-state index contributed by atoms with van der Waals surface area (Å²) in [6.45, 7) is 0.477. The molecule has 0 aliphatic carbocycles. The summed E-state index contributed by atoms with van der Waals surface area (Å²) in [7, 11) is 1.59. The Kier molecular flexibility index (Phi) is 7.10. The minimum Gasteiger partial charge on any atom is -0.359 e. The number of halogens is 1. The van der Waals surface area contributed by atoms with E-state index in [1.165, 1.54) is 0 Å². The van der Waals surface area contributed by atoms with Gasteiger partial charge >= 0.3 is 0 Å². The van der Waals surface area contributed by atoms with Crippen LogP contribution in [0.2, 0.25) is 0 Å². The topological polar surface area (TPSA) is 67.2 Å². The summed E-state index contributed by atoms with van der Waals surface area (Å²) in [4.78, 5) is 2.90. The molecule has 2 aromatic carbocycles. The van der Waals surface area contributed by atoms with E-state index >= 15 is 0 Å². The second-order valence-corrected chi connectivity index (χ2v) is 5.89. The smallest absolute Gasteiger partial charge is 0.147 e. The number of methoxy groups -OCH3 is 1. The summed E-state index contributed by atoms with van der Waals surface area (Å²) in [5.74, 6) is -0.0941. The van der Waals surface area contributed by atoms with E-state index in [0.29, 0.717) is 6.54 Å². The van der Waals surface area contributed by atoms with Crippen LogP contribution in [-0.4, -0.2) is 20.4 Å². The van der Waals surface area contributed by atoms with Gasteiger partial charge in [-0.05, 0) is 28.8 Å². The second-order valence-electron chi connectivity index (χ2n) is 4.98. The van der Waals surface area contributed by atoms with Gasteiger partial charge in [0.15, 0.2) is 0 Å². The maximum Gasteiger partial charge on any atom is 0.147 e. The van der Waals surface area contributed by atoms with Crippen LogP contribution in [0, 0.1) is 0 Å². The molecule has 0 saturated carbocycles. The van der Waals surface area contributed by atoms with Crippen molar-refractivity contribution in [1.82, 2.24) is 0 Å². The molecule has 0 spiro atoms. The Bertz CT molecular complexity index is 643. The van der Waals surface area contributed by atoms with Gasteiger partial charge in [-0.3, -0.25) is 0 Å². The van der Waals surface area contributed by atoms with Crippen LogP contribution in [0.15, 0.2) is 64.2 Å². The zero-order valence-electron chi connectivity index (χ0n) is 12.8. The van der Waals surface area contributed by atoms with E-state index in [9.17, 15) is 0 Å². The first-order chi connectivity index (χ1) is 11.3. The molecular weight excluding hydrogens is 358 g/mol. The summed E-state index contributed by atoms with van der Waals surface area (Å²) in [6.07, 6.45) is -0.268. The normalized spacial score (nSPS) is 13.1. The van der Waals surface area contributed by atoms with Crippen molar-refractivity contribution in [2.45, 2.75) is 12.0 Å².